The summed E-state index contributed by atoms with van der Waals surface area (Å²) >= 11 is 0. The highest BCUT2D eigenvalue weighted by atomic mass is 16.3. The number of benzene rings is 8. The van der Waals surface area contributed by atoms with E-state index in [1.807, 2.05) is 6.20 Å². The van der Waals surface area contributed by atoms with Crippen molar-refractivity contribution in [2.75, 3.05) is 0 Å². The summed E-state index contributed by atoms with van der Waals surface area (Å²) in [6.07, 6.45) is 2.03. The summed E-state index contributed by atoms with van der Waals surface area (Å²) < 4.78 is 6.26. The summed E-state index contributed by atoms with van der Waals surface area (Å²) in [7, 11) is 0. The molecule has 10 aromatic rings. The van der Waals surface area contributed by atoms with Crippen molar-refractivity contribution in [1.29, 1.82) is 0 Å². The molecule has 0 amide bonds. The van der Waals surface area contributed by atoms with E-state index >= 15 is 0 Å². The van der Waals surface area contributed by atoms with Gasteiger partial charge in [0.2, 0.25) is 0 Å². The van der Waals surface area contributed by atoms with Gasteiger partial charge < -0.3 is 4.42 Å². The number of hydrogen-bond donors (Lipinski definition) is 0. The third-order valence-electron chi connectivity index (χ3n) is 9.92. The Morgan fingerprint density at radius 3 is 1.55 bits per heavy atom. The number of nitrogens with zero attached hydrogens (tertiary/aromatic N) is 1. The van der Waals surface area contributed by atoms with Crippen LogP contribution in [0.25, 0.3) is 98.9 Å². The molecule has 0 bridgehead atoms. The third kappa shape index (κ3) is 4.46. The molecule has 2 heterocycles. The molecule has 0 aliphatic heterocycles. The first-order valence-electron chi connectivity index (χ1n) is 16.7. The van der Waals surface area contributed by atoms with Gasteiger partial charge in [-0.3, -0.25) is 4.98 Å². The van der Waals surface area contributed by atoms with Gasteiger partial charge in [0.1, 0.15) is 11.2 Å². The molecule has 0 saturated heterocycles. The van der Waals surface area contributed by atoms with Gasteiger partial charge in [0.25, 0.3) is 0 Å². The van der Waals surface area contributed by atoms with E-state index in [0.717, 1.165) is 38.8 Å². The SMILES string of the molecule is c1ccc(-c2ccc(-c3c4ccccc4c(-c4ccc(-c5ccc6oc7ccc8ccccc8c7c6c5)nc4)c4ccccc34)cc2)cc1. The van der Waals surface area contributed by atoms with Gasteiger partial charge in [0.15, 0.2) is 0 Å². The Morgan fingerprint density at radius 2 is 0.878 bits per heavy atom. The molecule has 0 aliphatic rings. The standard InChI is InChI=1S/C47H29NO/c1-2-10-30(11-3-1)31-18-20-33(21-19-31)45-37-14-6-8-16-39(37)46(40-17-9-7-15-38(40)45)35-22-25-42(48-29-35)34-24-26-43-41(28-34)47-36-13-5-4-12-32(36)23-27-44(47)49-43/h1-29H. The third-order valence-corrected chi connectivity index (χ3v) is 9.92. The van der Waals surface area contributed by atoms with Crippen molar-refractivity contribution in [2.45, 2.75) is 0 Å². The van der Waals surface area contributed by atoms with Crippen molar-refractivity contribution >= 4 is 54.3 Å². The first kappa shape index (κ1) is 27.6. The predicted molar refractivity (Wildman–Crippen MR) is 206 cm³/mol. The first-order chi connectivity index (χ1) is 24.3. The lowest BCUT2D eigenvalue weighted by molar-refractivity contribution is 0.669. The van der Waals surface area contributed by atoms with Crippen LogP contribution >= 0.6 is 0 Å². The molecule has 0 atom stereocenters. The summed E-state index contributed by atoms with van der Waals surface area (Å²) in [6, 6.07) is 60.6. The maximum atomic E-state index is 6.26. The lowest BCUT2D eigenvalue weighted by atomic mass is 9.86. The predicted octanol–water partition coefficient (Wildman–Crippen LogP) is 13.1. The minimum Gasteiger partial charge on any atom is -0.456 e. The lowest BCUT2D eigenvalue weighted by Gasteiger charge is -2.18. The van der Waals surface area contributed by atoms with E-state index in [9.17, 15) is 0 Å². The molecule has 0 N–H and O–H groups in total. The van der Waals surface area contributed by atoms with Crippen LogP contribution in [0.1, 0.15) is 0 Å². The van der Waals surface area contributed by atoms with Gasteiger partial charge in [-0.25, -0.2) is 0 Å². The fourth-order valence-electron chi connectivity index (χ4n) is 7.63. The number of aromatic nitrogens is 1. The highest BCUT2D eigenvalue weighted by Gasteiger charge is 2.17. The normalized spacial score (nSPS) is 11.7. The molecule has 0 spiro atoms. The smallest absolute Gasteiger partial charge is 0.136 e. The van der Waals surface area contributed by atoms with Crippen LogP contribution < -0.4 is 0 Å². The molecule has 8 aromatic carbocycles. The van der Waals surface area contributed by atoms with Gasteiger partial charge >= 0.3 is 0 Å². The van der Waals surface area contributed by atoms with E-state index in [2.05, 4.69) is 170 Å². The van der Waals surface area contributed by atoms with Crippen molar-refractivity contribution in [2.24, 2.45) is 0 Å². The van der Waals surface area contributed by atoms with Crippen LogP contribution in [-0.4, -0.2) is 4.98 Å². The molecule has 2 heteroatoms. The summed E-state index contributed by atoms with van der Waals surface area (Å²) in [4.78, 5) is 5.06. The fraction of sp³-hybridized carbons (Fsp3) is 0. The van der Waals surface area contributed by atoms with Crippen LogP contribution in [0.4, 0.5) is 0 Å². The van der Waals surface area contributed by atoms with E-state index < -0.39 is 0 Å². The Balaban J connectivity index is 1.10. The highest BCUT2D eigenvalue weighted by Crippen LogP contribution is 2.44. The second-order valence-electron chi connectivity index (χ2n) is 12.7. The van der Waals surface area contributed by atoms with Crippen molar-refractivity contribution in [1.82, 2.24) is 4.98 Å². The van der Waals surface area contributed by atoms with Crippen LogP contribution in [0.2, 0.25) is 0 Å². The topological polar surface area (TPSA) is 26.0 Å². The van der Waals surface area contributed by atoms with E-state index in [1.165, 1.54) is 60.1 Å². The van der Waals surface area contributed by atoms with Crippen molar-refractivity contribution in [3.05, 3.63) is 176 Å². The van der Waals surface area contributed by atoms with E-state index in [0.29, 0.717) is 0 Å². The number of pyridine rings is 1. The van der Waals surface area contributed by atoms with Crippen LogP contribution in [0.15, 0.2) is 180 Å². The maximum Gasteiger partial charge on any atom is 0.136 e. The van der Waals surface area contributed by atoms with Crippen LogP contribution in [0.3, 0.4) is 0 Å². The van der Waals surface area contributed by atoms with Gasteiger partial charge in [-0.1, -0.05) is 140 Å². The van der Waals surface area contributed by atoms with Gasteiger partial charge in [-0.05, 0) is 90.5 Å². The zero-order valence-electron chi connectivity index (χ0n) is 26.6. The molecule has 0 unspecified atom stereocenters. The Hall–Kier alpha value is -6.51. The summed E-state index contributed by atoms with van der Waals surface area (Å²) in [5.74, 6) is 0. The molecular formula is C47H29NO. The second kappa shape index (κ2) is 11.0. The van der Waals surface area contributed by atoms with Crippen LogP contribution in [-0.2, 0) is 0 Å². The fourth-order valence-corrected chi connectivity index (χ4v) is 7.63. The Morgan fingerprint density at radius 1 is 0.347 bits per heavy atom. The highest BCUT2D eigenvalue weighted by molar-refractivity contribution is 6.22. The minimum absolute atomic E-state index is 0.888. The molecular weight excluding hydrogens is 595 g/mol. The van der Waals surface area contributed by atoms with E-state index in [-0.39, 0.29) is 0 Å². The Bertz CT molecular complexity index is 2790. The largest absolute Gasteiger partial charge is 0.456 e. The molecule has 228 valence electrons. The molecule has 0 fully saturated rings. The zero-order valence-corrected chi connectivity index (χ0v) is 26.6. The Labute approximate surface area is 283 Å². The number of rotatable bonds is 4. The average molecular weight is 624 g/mol. The van der Waals surface area contributed by atoms with Crippen LogP contribution in [0.5, 0.6) is 0 Å². The summed E-state index contributed by atoms with van der Waals surface area (Å²) in [5, 5.41) is 9.58. The first-order valence-corrected chi connectivity index (χ1v) is 16.7. The second-order valence-corrected chi connectivity index (χ2v) is 12.7. The molecule has 2 aromatic heterocycles. The zero-order chi connectivity index (χ0) is 32.3. The van der Waals surface area contributed by atoms with Crippen LogP contribution in [0, 0.1) is 0 Å². The van der Waals surface area contributed by atoms with Crippen molar-refractivity contribution < 1.29 is 4.42 Å². The Kier molecular flexibility index (Phi) is 6.22. The summed E-state index contributed by atoms with van der Waals surface area (Å²) in [6.45, 7) is 0. The minimum atomic E-state index is 0.888. The van der Waals surface area contributed by atoms with Gasteiger partial charge in [-0.2, -0.15) is 0 Å². The average Bonchev–Trinajstić information content (AvgIpc) is 3.56. The van der Waals surface area contributed by atoms with Gasteiger partial charge in [0.05, 0.1) is 5.69 Å². The number of fused-ring (bicyclic) bond motifs is 7. The molecule has 0 radical (unpaired) electrons. The molecule has 49 heavy (non-hydrogen) atoms. The summed E-state index contributed by atoms with van der Waals surface area (Å²) in [5.41, 5.74) is 11.0. The molecule has 10 rings (SSSR count). The van der Waals surface area contributed by atoms with Gasteiger partial charge in [0, 0.05) is 28.1 Å². The number of furan rings is 1. The molecule has 0 saturated carbocycles. The van der Waals surface area contributed by atoms with Crippen molar-refractivity contribution in [3.8, 4) is 44.6 Å². The van der Waals surface area contributed by atoms with Crippen molar-refractivity contribution in [3.63, 3.8) is 0 Å². The van der Waals surface area contributed by atoms with E-state index in [1.54, 1.807) is 0 Å². The number of hydrogen-bond acceptors (Lipinski definition) is 2. The molecule has 0 aliphatic carbocycles. The lowest BCUT2D eigenvalue weighted by Crippen LogP contribution is -1.92. The molecule has 2 nitrogen and oxygen atoms in total. The maximum absolute atomic E-state index is 6.26. The monoisotopic (exact) mass is 623 g/mol. The van der Waals surface area contributed by atoms with Gasteiger partial charge in [-0.15, -0.1) is 0 Å². The van der Waals surface area contributed by atoms with E-state index in [4.69, 9.17) is 9.40 Å². The quantitative estimate of drug-likeness (QED) is 0.182.